The maximum atomic E-state index is 11.6. The molecular formula is C11H13N3O2. The van der Waals surface area contributed by atoms with Crippen molar-refractivity contribution in [3.8, 4) is 0 Å². The molecule has 2 amide bonds. The van der Waals surface area contributed by atoms with Crippen LogP contribution < -0.4 is 10.2 Å². The van der Waals surface area contributed by atoms with Gasteiger partial charge in [0.1, 0.15) is 0 Å². The van der Waals surface area contributed by atoms with Gasteiger partial charge in [-0.1, -0.05) is 23.4 Å². The Hall–Kier alpha value is -2.04. The van der Waals surface area contributed by atoms with Crippen molar-refractivity contribution in [1.82, 2.24) is 5.32 Å². The van der Waals surface area contributed by atoms with Crippen LogP contribution in [0, 0.1) is 0 Å². The zero-order valence-electron chi connectivity index (χ0n) is 8.97. The number of oxime groups is 1. The van der Waals surface area contributed by atoms with Crippen LogP contribution in [0.25, 0.3) is 0 Å². The largest absolute Gasteiger partial charge is 0.411 e. The van der Waals surface area contributed by atoms with Crippen LogP contribution in [0.5, 0.6) is 0 Å². The first-order valence-electron chi connectivity index (χ1n) is 5.07. The number of anilines is 1. The molecule has 84 valence electrons. The summed E-state index contributed by atoms with van der Waals surface area (Å²) in [7, 11) is 1.60. The third kappa shape index (κ3) is 1.60. The lowest BCUT2D eigenvalue weighted by molar-refractivity contribution is 0.248. The second kappa shape index (κ2) is 4.22. The Morgan fingerprint density at radius 1 is 1.50 bits per heavy atom. The number of hydrogen-bond acceptors (Lipinski definition) is 3. The number of rotatable bonds is 0. The topological polar surface area (TPSA) is 64.9 Å². The molecular weight excluding hydrogens is 206 g/mol. The number of para-hydroxylation sites is 1. The molecule has 5 nitrogen and oxygen atoms in total. The maximum Gasteiger partial charge on any atom is 0.321 e. The maximum absolute atomic E-state index is 11.6. The van der Waals surface area contributed by atoms with Crippen LogP contribution >= 0.6 is 0 Å². The zero-order valence-corrected chi connectivity index (χ0v) is 8.97. The molecule has 0 radical (unpaired) electrons. The van der Waals surface area contributed by atoms with Crippen molar-refractivity contribution in [2.75, 3.05) is 18.5 Å². The number of benzene rings is 1. The van der Waals surface area contributed by atoms with Gasteiger partial charge in [-0.15, -0.1) is 0 Å². The van der Waals surface area contributed by atoms with Gasteiger partial charge < -0.3 is 10.5 Å². The summed E-state index contributed by atoms with van der Waals surface area (Å²) in [6.45, 7) is 0.524. The zero-order chi connectivity index (χ0) is 11.5. The van der Waals surface area contributed by atoms with Crippen molar-refractivity contribution < 1.29 is 10.0 Å². The molecule has 0 saturated heterocycles. The van der Waals surface area contributed by atoms with E-state index in [9.17, 15) is 4.79 Å². The van der Waals surface area contributed by atoms with Crippen molar-refractivity contribution in [2.45, 2.75) is 6.42 Å². The van der Waals surface area contributed by atoms with Crippen molar-refractivity contribution in [2.24, 2.45) is 5.16 Å². The van der Waals surface area contributed by atoms with E-state index in [1.807, 2.05) is 24.3 Å². The first-order valence-corrected chi connectivity index (χ1v) is 5.07. The number of nitrogens with zero attached hydrogens (tertiary/aromatic N) is 2. The molecule has 0 saturated carbocycles. The molecule has 1 heterocycles. The van der Waals surface area contributed by atoms with E-state index in [0.29, 0.717) is 18.7 Å². The molecule has 0 atom stereocenters. The Kier molecular flexibility index (Phi) is 2.76. The summed E-state index contributed by atoms with van der Waals surface area (Å²) in [5, 5.41) is 14.7. The molecule has 1 aromatic rings. The van der Waals surface area contributed by atoms with Gasteiger partial charge in [0.2, 0.25) is 0 Å². The van der Waals surface area contributed by atoms with E-state index in [1.165, 1.54) is 0 Å². The fourth-order valence-electron chi connectivity index (χ4n) is 1.88. The van der Waals surface area contributed by atoms with Crippen LogP contribution in [0.1, 0.15) is 12.0 Å². The average molecular weight is 219 g/mol. The lowest BCUT2D eigenvalue weighted by Crippen LogP contribution is -2.42. The van der Waals surface area contributed by atoms with Crippen molar-refractivity contribution >= 4 is 17.4 Å². The number of urea groups is 1. The van der Waals surface area contributed by atoms with Gasteiger partial charge in [-0.2, -0.15) is 0 Å². The third-order valence-electron chi connectivity index (χ3n) is 2.66. The second-order valence-corrected chi connectivity index (χ2v) is 3.52. The van der Waals surface area contributed by atoms with E-state index >= 15 is 0 Å². The van der Waals surface area contributed by atoms with Crippen LogP contribution in [0.2, 0.25) is 0 Å². The SMILES string of the molecule is CNC(=O)N1CC/C(=N/O)c2ccccc21. The quantitative estimate of drug-likeness (QED) is 0.512. The van der Waals surface area contributed by atoms with E-state index in [0.717, 1.165) is 11.3 Å². The highest BCUT2D eigenvalue weighted by atomic mass is 16.4. The summed E-state index contributed by atoms with van der Waals surface area (Å²) < 4.78 is 0. The number of fused-ring (bicyclic) bond motifs is 1. The van der Waals surface area contributed by atoms with Crippen LogP contribution in [0.3, 0.4) is 0 Å². The summed E-state index contributed by atoms with van der Waals surface area (Å²) in [5.41, 5.74) is 2.21. The van der Waals surface area contributed by atoms with Crippen LogP contribution in [-0.2, 0) is 0 Å². The molecule has 0 aromatic heterocycles. The minimum absolute atomic E-state index is 0.149. The number of hydrogen-bond donors (Lipinski definition) is 2. The highest BCUT2D eigenvalue weighted by Crippen LogP contribution is 2.26. The number of nitrogens with one attached hydrogen (secondary N) is 1. The van der Waals surface area contributed by atoms with Crippen molar-refractivity contribution in [3.63, 3.8) is 0 Å². The van der Waals surface area contributed by atoms with Crippen molar-refractivity contribution in [1.29, 1.82) is 0 Å². The monoisotopic (exact) mass is 219 g/mol. The Bertz CT molecular complexity index is 443. The second-order valence-electron chi connectivity index (χ2n) is 3.52. The summed E-state index contributed by atoms with van der Waals surface area (Å²) >= 11 is 0. The van der Waals surface area contributed by atoms with Gasteiger partial charge in [0.15, 0.2) is 0 Å². The molecule has 0 spiro atoms. The fourth-order valence-corrected chi connectivity index (χ4v) is 1.88. The van der Waals surface area contributed by atoms with E-state index in [1.54, 1.807) is 11.9 Å². The minimum Gasteiger partial charge on any atom is -0.411 e. The van der Waals surface area contributed by atoms with Crippen LogP contribution in [0.4, 0.5) is 10.5 Å². The van der Waals surface area contributed by atoms with Gasteiger partial charge in [0.25, 0.3) is 0 Å². The van der Waals surface area contributed by atoms with E-state index in [2.05, 4.69) is 10.5 Å². The van der Waals surface area contributed by atoms with Gasteiger partial charge >= 0.3 is 6.03 Å². The number of amides is 2. The predicted molar refractivity (Wildman–Crippen MR) is 61.2 cm³/mol. The Balaban J connectivity index is 2.47. The lowest BCUT2D eigenvalue weighted by Gasteiger charge is -2.29. The first-order chi connectivity index (χ1) is 7.77. The standard InChI is InChI=1S/C11H13N3O2/c1-12-11(15)14-7-6-9(13-16)8-4-2-3-5-10(8)14/h2-5,16H,6-7H2,1H3,(H,12,15)/b13-9-. The van der Waals surface area contributed by atoms with E-state index in [4.69, 9.17) is 5.21 Å². The number of carbonyl (C=O) groups excluding carboxylic acids is 1. The molecule has 1 aromatic carbocycles. The first kappa shape index (κ1) is 10.5. The van der Waals surface area contributed by atoms with Crippen LogP contribution in [-0.4, -0.2) is 30.5 Å². The average Bonchev–Trinajstić information content (AvgIpc) is 2.36. The highest BCUT2D eigenvalue weighted by molar-refractivity contribution is 6.10. The van der Waals surface area contributed by atoms with E-state index in [-0.39, 0.29) is 6.03 Å². The molecule has 2 rings (SSSR count). The molecule has 16 heavy (non-hydrogen) atoms. The van der Waals surface area contributed by atoms with Gasteiger partial charge in [-0.05, 0) is 6.07 Å². The third-order valence-corrected chi connectivity index (χ3v) is 2.66. The Labute approximate surface area is 93.4 Å². The summed E-state index contributed by atoms with van der Waals surface area (Å²) in [5.74, 6) is 0. The lowest BCUT2D eigenvalue weighted by atomic mass is 10.00. The molecule has 1 aliphatic rings. The Morgan fingerprint density at radius 3 is 2.94 bits per heavy atom. The molecule has 1 aliphatic heterocycles. The minimum atomic E-state index is -0.149. The number of carbonyl (C=O) groups is 1. The molecule has 5 heteroatoms. The van der Waals surface area contributed by atoms with Crippen molar-refractivity contribution in [3.05, 3.63) is 29.8 Å². The van der Waals surface area contributed by atoms with E-state index < -0.39 is 0 Å². The molecule has 0 unspecified atom stereocenters. The summed E-state index contributed by atoms with van der Waals surface area (Å²) in [6.07, 6.45) is 0.556. The van der Waals surface area contributed by atoms with Gasteiger partial charge in [0, 0.05) is 25.6 Å². The summed E-state index contributed by atoms with van der Waals surface area (Å²) in [4.78, 5) is 13.3. The Morgan fingerprint density at radius 2 is 2.25 bits per heavy atom. The fraction of sp³-hybridized carbons (Fsp3) is 0.273. The normalized spacial score (nSPS) is 17.1. The van der Waals surface area contributed by atoms with Gasteiger partial charge in [-0.3, -0.25) is 4.90 Å². The predicted octanol–water partition coefficient (Wildman–Crippen LogP) is 1.41. The molecule has 2 N–H and O–H groups in total. The van der Waals surface area contributed by atoms with Gasteiger partial charge in [-0.25, -0.2) is 4.79 Å². The highest BCUT2D eigenvalue weighted by Gasteiger charge is 2.25. The molecule has 0 aliphatic carbocycles. The van der Waals surface area contributed by atoms with Gasteiger partial charge in [0.05, 0.1) is 11.4 Å². The summed E-state index contributed by atoms with van der Waals surface area (Å²) in [6, 6.07) is 7.25. The molecule has 0 bridgehead atoms. The molecule has 0 fully saturated rings. The smallest absolute Gasteiger partial charge is 0.321 e. The van der Waals surface area contributed by atoms with Crippen LogP contribution in [0.15, 0.2) is 29.4 Å².